The SMILES string of the molecule is CC[C@@H](C)NC(=O)COc1nncc2ccccc12. The van der Waals surface area contributed by atoms with Crippen molar-refractivity contribution < 1.29 is 9.53 Å². The van der Waals surface area contributed by atoms with Gasteiger partial charge in [-0.3, -0.25) is 4.79 Å². The standard InChI is InChI=1S/C14H17N3O2/c1-3-10(2)16-13(18)9-19-14-12-7-5-4-6-11(12)8-15-17-14/h4-8,10H,3,9H2,1-2H3,(H,16,18)/t10-/m1/s1. The van der Waals surface area contributed by atoms with E-state index >= 15 is 0 Å². The highest BCUT2D eigenvalue weighted by atomic mass is 16.5. The van der Waals surface area contributed by atoms with Crippen molar-refractivity contribution in [2.75, 3.05) is 6.61 Å². The van der Waals surface area contributed by atoms with E-state index in [9.17, 15) is 4.79 Å². The molecular weight excluding hydrogens is 242 g/mol. The molecule has 2 rings (SSSR count). The first kappa shape index (κ1) is 13.3. The Bertz CT molecular complexity index is 566. The zero-order valence-corrected chi connectivity index (χ0v) is 11.1. The first-order chi connectivity index (χ1) is 9.20. The van der Waals surface area contributed by atoms with E-state index in [1.165, 1.54) is 0 Å². The minimum atomic E-state index is -0.149. The zero-order chi connectivity index (χ0) is 13.7. The Morgan fingerprint density at radius 2 is 2.21 bits per heavy atom. The van der Waals surface area contributed by atoms with E-state index in [2.05, 4.69) is 15.5 Å². The number of fused-ring (bicyclic) bond motifs is 1. The molecule has 0 saturated carbocycles. The predicted molar refractivity (Wildman–Crippen MR) is 72.9 cm³/mol. The summed E-state index contributed by atoms with van der Waals surface area (Å²) < 4.78 is 5.44. The van der Waals surface area contributed by atoms with Crippen molar-refractivity contribution in [3.63, 3.8) is 0 Å². The van der Waals surface area contributed by atoms with E-state index < -0.39 is 0 Å². The van der Waals surface area contributed by atoms with E-state index in [4.69, 9.17) is 4.74 Å². The molecule has 0 aliphatic heterocycles. The smallest absolute Gasteiger partial charge is 0.258 e. The monoisotopic (exact) mass is 259 g/mol. The van der Waals surface area contributed by atoms with Crippen molar-refractivity contribution in [2.24, 2.45) is 0 Å². The highest BCUT2D eigenvalue weighted by molar-refractivity contribution is 5.86. The molecule has 1 heterocycles. The third-order valence-corrected chi connectivity index (χ3v) is 2.90. The molecule has 2 aromatic rings. The van der Waals surface area contributed by atoms with Gasteiger partial charge in [0.15, 0.2) is 6.61 Å². The number of carbonyl (C=O) groups excluding carboxylic acids is 1. The summed E-state index contributed by atoms with van der Waals surface area (Å²) in [7, 11) is 0. The van der Waals surface area contributed by atoms with E-state index in [0.717, 1.165) is 17.2 Å². The van der Waals surface area contributed by atoms with Crippen LogP contribution in [0.3, 0.4) is 0 Å². The number of aromatic nitrogens is 2. The van der Waals surface area contributed by atoms with Crippen LogP contribution in [0.25, 0.3) is 10.8 Å². The number of nitrogens with zero attached hydrogens (tertiary/aromatic N) is 2. The average Bonchev–Trinajstić information content (AvgIpc) is 2.44. The van der Waals surface area contributed by atoms with Crippen LogP contribution in [0.4, 0.5) is 0 Å². The van der Waals surface area contributed by atoms with Crippen molar-refractivity contribution in [1.29, 1.82) is 0 Å². The summed E-state index contributed by atoms with van der Waals surface area (Å²) >= 11 is 0. The summed E-state index contributed by atoms with van der Waals surface area (Å²) in [5, 5.41) is 12.4. The van der Waals surface area contributed by atoms with Crippen LogP contribution in [0.15, 0.2) is 30.5 Å². The second-order valence-corrected chi connectivity index (χ2v) is 4.40. The number of rotatable bonds is 5. The third kappa shape index (κ3) is 3.40. The molecule has 0 unspecified atom stereocenters. The molecule has 19 heavy (non-hydrogen) atoms. The molecule has 1 N–H and O–H groups in total. The van der Waals surface area contributed by atoms with Crippen LogP contribution < -0.4 is 10.1 Å². The van der Waals surface area contributed by atoms with Gasteiger partial charge in [0.25, 0.3) is 5.91 Å². The summed E-state index contributed by atoms with van der Waals surface area (Å²) in [6.45, 7) is 3.92. The van der Waals surface area contributed by atoms with Crippen LogP contribution >= 0.6 is 0 Å². The van der Waals surface area contributed by atoms with Crippen LogP contribution in [0.2, 0.25) is 0 Å². The Balaban J connectivity index is 2.04. The molecule has 0 saturated heterocycles. The van der Waals surface area contributed by atoms with Crippen LogP contribution in [0.5, 0.6) is 5.88 Å². The molecule has 0 spiro atoms. The molecule has 0 fully saturated rings. The van der Waals surface area contributed by atoms with Gasteiger partial charge in [-0.1, -0.05) is 25.1 Å². The van der Waals surface area contributed by atoms with Gasteiger partial charge < -0.3 is 10.1 Å². The van der Waals surface area contributed by atoms with Gasteiger partial charge in [0.1, 0.15) is 0 Å². The largest absolute Gasteiger partial charge is 0.466 e. The minimum absolute atomic E-state index is 0.0486. The normalized spacial score (nSPS) is 12.1. The van der Waals surface area contributed by atoms with Crippen LogP contribution in [0, 0.1) is 0 Å². The second-order valence-electron chi connectivity index (χ2n) is 4.40. The average molecular weight is 259 g/mol. The zero-order valence-electron chi connectivity index (χ0n) is 11.1. The fourth-order valence-corrected chi connectivity index (χ4v) is 1.66. The van der Waals surface area contributed by atoms with Crippen molar-refractivity contribution in [3.05, 3.63) is 30.5 Å². The lowest BCUT2D eigenvalue weighted by Crippen LogP contribution is -2.35. The predicted octanol–water partition coefficient (Wildman–Crippen LogP) is 1.92. The first-order valence-corrected chi connectivity index (χ1v) is 6.33. The van der Waals surface area contributed by atoms with Crippen LogP contribution in [-0.4, -0.2) is 28.8 Å². The van der Waals surface area contributed by atoms with Crippen molar-refractivity contribution in [1.82, 2.24) is 15.5 Å². The topological polar surface area (TPSA) is 64.1 Å². The maximum atomic E-state index is 11.6. The molecular formula is C14H17N3O2. The number of ether oxygens (including phenoxy) is 1. The van der Waals surface area contributed by atoms with Crippen molar-refractivity contribution >= 4 is 16.7 Å². The van der Waals surface area contributed by atoms with Gasteiger partial charge in [0.05, 0.1) is 6.20 Å². The summed E-state index contributed by atoms with van der Waals surface area (Å²) in [6, 6.07) is 7.79. The molecule has 1 amide bonds. The Kier molecular flexibility index (Phi) is 4.28. The van der Waals surface area contributed by atoms with Crippen molar-refractivity contribution in [2.45, 2.75) is 26.3 Å². The van der Waals surface area contributed by atoms with Crippen molar-refractivity contribution in [3.8, 4) is 5.88 Å². The molecule has 5 heteroatoms. The molecule has 1 aromatic carbocycles. The summed E-state index contributed by atoms with van der Waals surface area (Å²) in [4.78, 5) is 11.6. The van der Waals surface area contributed by atoms with E-state index in [-0.39, 0.29) is 18.6 Å². The van der Waals surface area contributed by atoms with Gasteiger partial charge in [-0.25, -0.2) is 0 Å². The Morgan fingerprint density at radius 3 is 3.00 bits per heavy atom. The summed E-state index contributed by atoms with van der Waals surface area (Å²) in [6.07, 6.45) is 2.56. The molecule has 1 atom stereocenters. The molecule has 0 aliphatic rings. The van der Waals surface area contributed by atoms with Gasteiger partial charge in [0, 0.05) is 16.8 Å². The number of hydrogen-bond acceptors (Lipinski definition) is 4. The quantitative estimate of drug-likeness (QED) is 0.891. The maximum Gasteiger partial charge on any atom is 0.258 e. The van der Waals surface area contributed by atoms with Gasteiger partial charge in [-0.05, 0) is 19.4 Å². The first-order valence-electron chi connectivity index (χ1n) is 6.33. The lowest BCUT2D eigenvalue weighted by atomic mass is 10.2. The lowest BCUT2D eigenvalue weighted by Gasteiger charge is -2.12. The molecule has 1 aromatic heterocycles. The fourth-order valence-electron chi connectivity index (χ4n) is 1.66. The van der Waals surface area contributed by atoms with Gasteiger partial charge in [-0.15, -0.1) is 5.10 Å². The Hall–Kier alpha value is -2.17. The Labute approximate surface area is 112 Å². The highest BCUT2D eigenvalue weighted by Crippen LogP contribution is 2.20. The van der Waals surface area contributed by atoms with E-state index in [0.29, 0.717) is 5.88 Å². The Morgan fingerprint density at radius 1 is 1.42 bits per heavy atom. The number of hydrogen-bond donors (Lipinski definition) is 1. The van der Waals surface area contributed by atoms with E-state index in [1.807, 2.05) is 38.1 Å². The molecule has 100 valence electrons. The second kappa shape index (κ2) is 6.13. The minimum Gasteiger partial charge on any atom is -0.466 e. The number of nitrogens with one attached hydrogen (secondary N) is 1. The summed E-state index contributed by atoms with van der Waals surface area (Å²) in [5.41, 5.74) is 0. The highest BCUT2D eigenvalue weighted by Gasteiger charge is 2.09. The van der Waals surface area contributed by atoms with Gasteiger partial charge in [0.2, 0.25) is 5.88 Å². The molecule has 0 aliphatic carbocycles. The maximum absolute atomic E-state index is 11.6. The van der Waals surface area contributed by atoms with Gasteiger partial charge in [-0.2, -0.15) is 5.10 Å². The lowest BCUT2D eigenvalue weighted by molar-refractivity contribution is -0.123. The number of carbonyl (C=O) groups is 1. The van der Waals surface area contributed by atoms with Gasteiger partial charge >= 0.3 is 0 Å². The van der Waals surface area contributed by atoms with Crippen LogP contribution in [0.1, 0.15) is 20.3 Å². The summed E-state index contributed by atoms with van der Waals surface area (Å²) in [5.74, 6) is 0.237. The van der Waals surface area contributed by atoms with E-state index in [1.54, 1.807) is 6.20 Å². The third-order valence-electron chi connectivity index (χ3n) is 2.90. The fraction of sp³-hybridized carbons (Fsp3) is 0.357. The number of benzene rings is 1. The molecule has 0 radical (unpaired) electrons. The van der Waals surface area contributed by atoms with Crippen LogP contribution in [-0.2, 0) is 4.79 Å². The number of amides is 1. The molecule has 0 bridgehead atoms. The molecule has 5 nitrogen and oxygen atoms in total.